The van der Waals surface area contributed by atoms with Crippen LogP contribution in [0.25, 0.3) is 16.6 Å². The third-order valence-corrected chi connectivity index (χ3v) is 6.41. The van der Waals surface area contributed by atoms with Crippen LogP contribution in [0.5, 0.6) is 0 Å². The van der Waals surface area contributed by atoms with Gasteiger partial charge in [-0.3, -0.25) is 14.3 Å². The standard InChI is InChI=1S/C25H28N4O2S/c1-19(2)25(31)28-14-12-27(13-15-28)23(30)11-10-21-18-29(17-20-7-4-3-5-8-20)26-24(21)22-9-6-16-32-22/h3-11,16,18-19H,12-15,17H2,1-2H3/b11-10+. The van der Waals surface area contributed by atoms with Crippen LogP contribution in [0.1, 0.15) is 25.0 Å². The zero-order chi connectivity index (χ0) is 22.5. The van der Waals surface area contributed by atoms with Crippen molar-refractivity contribution in [3.8, 4) is 10.6 Å². The Balaban J connectivity index is 1.47. The molecule has 2 amide bonds. The van der Waals surface area contributed by atoms with Crippen LogP contribution < -0.4 is 0 Å². The van der Waals surface area contributed by atoms with E-state index in [-0.39, 0.29) is 17.7 Å². The van der Waals surface area contributed by atoms with Crippen molar-refractivity contribution >= 4 is 29.2 Å². The maximum Gasteiger partial charge on any atom is 0.246 e. The Morgan fingerprint density at radius 1 is 1.03 bits per heavy atom. The van der Waals surface area contributed by atoms with E-state index < -0.39 is 0 Å². The Bertz CT molecular complexity index is 1080. The Labute approximate surface area is 192 Å². The summed E-state index contributed by atoms with van der Waals surface area (Å²) in [6.07, 6.45) is 5.48. The molecule has 1 aromatic carbocycles. The molecule has 1 aliphatic rings. The van der Waals surface area contributed by atoms with Crippen LogP contribution in [0, 0.1) is 5.92 Å². The van der Waals surface area contributed by atoms with Gasteiger partial charge in [0.05, 0.1) is 11.4 Å². The van der Waals surface area contributed by atoms with E-state index in [1.54, 1.807) is 22.3 Å². The molecule has 1 saturated heterocycles. The van der Waals surface area contributed by atoms with Crippen LogP contribution >= 0.6 is 11.3 Å². The van der Waals surface area contributed by atoms with E-state index in [4.69, 9.17) is 5.10 Å². The van der Waals surface area contributed by atoms with E-state index in [0.29, 0.717) is 32.7 Å². The number of benzene rings is 1. The number of thiophene rings is 1. The predicted molar refractivity (Wildman–Crippen MR) is 128 cm³/mol. The number of nitrogens with zero attached hydrogens (tertiary/aromatic N) is 4. The molecule has 166 valence electrons. The number of amides is 2. The normalized spacial score (nSPS) is 14.5. The van der Waals surface area contributed by atoms with Gasteiger partial charge in [0.25, 0.3) is 0 Å². The lowest BCUT2D eigenvalue weighted by molar-refractivity contribution is -0.139. The van der Waals surface area contributed by atoms with Gasteiger partial charge in [0.15, 0.2) is 0 Å². The van der Waals surface area contributed by atoms with E-state index in [1.165, 1.54) is 5.56 Å². The molecular formula is C25H28N4O2S. The first-order chi connectivity index (χ1) is 15.5. The van der Waals surface area contributed by atoms with Gasteiger partial charge in [0.2, 0.25) is 11.8 Å². The van der Waals surface area contributed by atoms with Crippen LogP contribution in [0.2, 0.25) is 0 Å². The Morgan fingerprint density at radius 2 is 1.75 bits per heavy atom. The Kier molecular flexibility index (Phi) is 6.85. The molecule has 2 aromatic heterocycles. The van der Waals surface area contributed by atoms with Crippen molar-refractivity contribution in [2.75, 3.05) is 26.2 Å². The first kappa shape index (κ1) is 22.0. The topological polar surface area (TPSA) is 58.4 Å². The summed E-state index contributed by atoms with van der Waals surface area (Å²) in [5.74, 6) is 0.105. The number of carbonyl (C=O) groups is 2. The van der Waals surface area contributed by atoms with Crippen LogP contribution in [0.15, 0.2) is 60.1 Å². The predicted octanol–water partition coefficient (Wildman–Crippen LogP) is 4.00. The molecule has 32 heavy (non-hydrogen) atoms. The van der Waals surface area contributed by atoms with Crippen LogP contribution in [0.3, 0.4) is 0 Å². The molecule has 0 spiro atoms. The second-order valence-electron chi connectivity index (χ2n) is 8.23. The highest BCUT2D eigenvalue weighted by Gasteiger charge is 2.24. The van der Waals surface area contributed by atoms with Gasteiger partial charge in [-0.15, -0.1) is 11.3 Å². The fourth-order valence-corrected chi connectivity index (χ4v) is 4.53. The molecule has 1 fully saturated rings. The molecule has 4 rings (SSSR count). The molecular weight excluding hydrogens is 420 g/mol. The lowest BCUT2D eigenvalue weighted by Crippen LogP contribution is -2.51. The lowest BCUT2D eigenvalue weighted by Gasteiger charge is -2.35. The molecule has 6 nitrogen and oxygen atoms in total. The SMILES string of the molecule is CC(C)C(=O)N1CCN(C(=O)/C=C/c2cn(Cc3ccccc3)nc2-c2cccs2)CC1. The number of piperazine rings is 1. The summed E-state index contributed by atoms with van der Waals surface area (Å²) in [6, 6.07) is 14.3. The quantitative estimate of drug-likeness (QED) is 0.536. The minimum Gasteiger partial charge on any atom is -0.339 e. The smallest absolute Gasteiger partial charge is 0.246 e. The Morgan fingerprint density at radius 3 is 2.41 bits per heavy atom. The van der Waals surface area contributed by atoms with Crippen LogP contribution in [0.4, 0.5) is 0 Å². The van der Waals surface area contributed by atoms with E-state index in [0.717, 1.165) is 16.1 Å². The van der Waals surface area contributed by atoms with E-state index in [2.05, 4.69) is 12.1 Å². The number of hydrogen-bond acceptors (Lipinski definition) is 4. The zero-order valence-corrected chi connectivity index (χ0v) is 19.3. The fourth-order valence-electron chi connectivity index (χ4n) is 3.79. The van der Waals surface area contributed by atoms with Crippen molar-refractivity contribution in [2.24, 2.45) is 5.92 Å². The van der Waals surface area contributed by atoms with Crippen molar-refractivity contribution in [3.63, 3.8) is 0 Å². The minimum absolute atomic E-state index is 0.0137. The summed E-state index contributed by atoms with van der Waals surface area (Å²) in [7, 11) is 0. The highest BCUT2D eigenvalue weighted by atomic mass is 32.1. The minimum atomic E-state index is -0.0328. The van der Waals surface area contributed by atoms with Gasteiger partial charge in [-0.2, -0.15) is 5.10 Å². The fraction of sp³-hybridized carbons (Fsp3) is 0.320. The largest absolute Gasteiger partial charge is 0.339 e. The molecule has 0 radical (unpaired) electrons. The van der Waals surface area contributed by atoms with Gasteiger partial charge in [0, 0.05) is 49.9 Å². The molecule has 3 heterocycles. The van der Waals surface area contributed by atoms with E-state index >= 15 is 0 Å². The number of carbonyl (C=O) groups excluding carboxylic acids is 2. The number of hydrogen-bond donors (Lipinski definition) is 0. The summed E-state index contributed by atoms with van der Waals surface area (Å²) in [4.78, 5) is 29.7. The Hall–Kier alpha value is -3.19. The first-order valence-electron chi connectivity index (χ1n) is 10.9. The molecule has 0 atom stereocenters. The highest BCUT2D eigenvalue weighted by molar-refractivity contribution is 7.13. The molecule has 3 aromatic rings. The molecule has 0 bridgehead atoms. The molecule has 7 heteroatoms. The summed E-state index contributed by atoms with van der Waals surface area (Å²) >= 11 is 1.63. The van der Waals surface area contributed by atoms with Crippen LogP contribution in [-0.2, 0) is 16.1 Å². The van der Waals surface area contributed by atoms with Crippen molar-refractivity contribution in [1.82, 2.24) is 19.6 Å². The maximum atomic E-state index is 12.8. The van der Waals surface area contributed by atoms with Gasteiger partial charge in [-0.25, -0.2) is 0 Å². The first-order valence-corrected chi connectivity index (χ1v) is 11.8. The molecule has 0 unspecified atom stereocenters. The third kappa shape index (κ3) is 5.16. The van der Waals surface area contributed by atoms with Crippen molar-refractivity contribution < 1.29 is 9.59 Å². The van der Waals surface area contributed by atoms with E-state index in [9.17, 15) is 9.59 Å². The lowest BCUT2D eigenvalue weighted by atomic mass is 10.1. The van der Waals surface area contributed by atoms with Gasteiger partial charge >= 0.3 is 0 Å². The second-order valence-corrected chi connectivity index (χ2v) is 9.18. The van der Waals surface area contributed by atoms with Gasteiger partial charge in [-0.05, 0) is 23.1 Å². The molecule has 0 aliphatic carbocycles. The van der Waals surface area contributed by atoms with Crippen LogP contribution in [-0.4, -0.2) is 57.6 Å². The number of rotatable bonds is 6. The summed E-state index contributed by atoms with van der Waals surface area (Å²) < 4.78 is 1.92. The summed E-state index contributed by atoms with van der Waals surface area (Å²) in [5.41, 5.74) is 2.98. The molecule has 0 N–H and O–H groups in total. The summed E-state index contributed by atoms with van der Waals surface area (Å²) in [5, 5.41) is 6.82. The zero-order valence-electron chi connectivity index (χ0n) is 18.5. The summed E-state index contributed by atoms with van der Waals surface area (Å²) in [6.45, 7) is 6.79. The van der Waals surface area contributed by atoms with Gasteiger partial charge < -0.3 is 9.80 Å². The van der Waals surface area contributed by atoms with Crippen molar-refractivity contribution in [2.45, 2.75) is 20.4 Å². The van der Waals surface area contributed by atoms with Gasteiger partial charge in [-0.1, -0.05) is 50.2 Å². The monoisotopic (exact) mass is 448 g/mol. The second kappa shape index (κ2) is 9.96. The highest BCUT2D eigenvalue weighted by Crippen LogP contribution is 2.28. The number of aromatic nitrogens is 2. The van der Waals surface area contributed by atoms with E-state index in [1.807, 2.05) is 71.4 Å². The van der Waals surface area contributed by atoms with Crippen molar-refractivity contribution in [3.05, 3.63) is 71.2 Å². The molecule has 1 aliphatic heterocycles. The third-order valence-electron chi connectivity index (χ3n) is 5.53. The average molecular weight is 449 g/mol. The average Bonchev–Trinajstić information content (AvgIpc) is 3.47. The maximum absolute atomic E-state index is 12.8. The molecule has 0 saturated carbocycles. The van der Waals surface area contributed by atoms with Gasteiger partial charge in [0.1, 0.15) is 5.69 Å². The van der Waals surface area contributed by atoms with Crippen molar-refractivity contribution in [1.29, 1.82) is 0 Å².